The van der Waals surface area contributed by atoms with Gasteiger partial charge >= 0.3 is 5.91 Å². The smallest absolute Gasteiger partial charge is 0.312 e. The fourth-order valence-corrected chi connectivity index (χ4v) is 2.70. The third kappa shape index (κ3) is 4.11. The predicted molar refractivity (Wildman–Crippen MR) is 102 cm³/mol. The first-order valence-electron chi connectivity index (χ1n) is 7.71. The molecule has 3 rings (SSSR count). The summed E-state index contributed by atoms with van der Waals surface area (Å²) in [5, 5.41) is 12.2. The summed E-state index contributed by atoms with van der Waals surface area (Å²) >= 11 is 2.01. The summed E-state index contributed by atoms with van der Waals surface area (Å²) in [6, 6.07) is 6.30. The third-order valence-electron chi connectivity index (χ3n) is 3.46. The molecule has 0 fully saturated rings. The number of aliphatic hydroxyl groups is 1. The number of aliphatic hydroxyl groups excluding tert-OH is 1. The predicted octanol–water partition coefficient (Wildman–Crippen LogP) is 3.36. The van der Waals surface area contributed by atoms with Crippen LogP contribution in [0.5, 0.6) is 0 Å². The van der Waals surface area contributed by atoms with Gasteiger partial charge in [0.2, 0.25) is 5.76 Å². The summed E-state index contributed by atoms with van der Waals surface area (Å²) in [4.78, 5) is 21.4. The number of fused-ring (bicyclic) bond motifs is 1. The van der Waals surface area contributed by atoms with Crippen LogP contribution in [0.3, 0.4) is 0 Å². The first-order valence-corrected chi connectivity index (χ1v) is 8.79. The number of carbonyl (C=O) groups excluding carboxylic acids is 1. The summed E-state index contributed by atoms with van der Waals surface area (Å²) in [6.07, 6.45) is 3.43. The zero-order valence-corrected chi connectivity index (χ0v) is 15.6. The van der Waals surface area contributed by atoms with Crippen molar-refractivity contribution in [2.75, 3.05) is 18.5 Å². The van der Waals surface area contributed by atoms with E-state index in [1.165, 1.54) is 18.5 Å². The molecule has 26 heavy (non-hydrogen) atoms. The number of hydroxylamine groups is 1. The van der Waals surface area contributed by atoms with E-state index in [-0.39, 0.29) is 30.3 Å². The van der Waals surface area contributed by atoms with Crippen LogP contribution in [0.25, 0.3) is 11.0 Å². The molecular weight excluding hydrogens is 456 g/mol. The van der Waals surface area contributed by atoms with Crippen LogP contribution in [0, 0.1) is 9.39 Å². The van der Waals surface area contributed by atoms with Crippen LogP contribution >= 0.6 is 22.6 Å². The van der Waals surface area contributed by atoms with E-state index in [2.05, 4.69) is 15.8 Å². The second kappa shape index (κ2) is 8.43. The number of carbonyl (C=O) groups is 1. The molecule has 2 heterocycles. The number of anilines is 2. The molecule has 0 aliphatic carbocycles. The van der Waals surface area contributed by atoms with E-state index in [1.54, 1.807) is 18.2 Å². The van der Waals surface area contributed by atoms with E-state index < -0.39 is 11.7 Å². The minimum atomic E-state index is -0.632. The van der Waals surface area contributed by atoms with Gasteiger partial charge in [0.1, 0.15) is 17.1 Å². The molecule has 0 radical (unpaired) electrons. The molecule has 0 bridgehead atoms. The molecule has 0 aliphatic rings. The molecule has 1 aromatic carbocycles. The highest BCUT2D eigenvalue weighted by molar-refractivity contribution is 14.1. The van der Waals surface area contributed by atoms with E-state index >= 15 is 0 Å². The molecular formula is C17H15FIN3O4. The van der Waals surface area contributed by atoms with E-state index in [0.29, 0.717) is 17.4 Å². The van der Waals surface area contributed by atoms with Crippen molar-refractivity contribution in [3.8, 4) is 0 Å². The van der Waals surface area contributed by atoms with Crippen molar-refractivity contribution >= 4 is 50.8 Å². The van der Waals surface area contributed by atoms with E-state index in [1.807, 2.05) is 22.6 Å². The average molecular weight is 471 g/mol. The lowest BCUT2D eigenvalue weighted by Crippen LogP contribution is -2.24. The molecule has 136 valence electrons. The molecule has 0 aliphatic heterocycles. The molecule has 0 saturated carbocycles. The van der Waals surface area contributed by atoms with Gasteiger partial charge in [-0.05, 0) is 53.3 Å². The van der Waals surface area contributed by atoms with Crippen LogP contribution in [0.1, 0.15) is 17.0 Å². The Bertz CT molecular complexity index is 932. The van der Waals surface area contributed by atoms with Crippen molar-refractivity contribution in [1.82, 2.24) is 10.5 Å². The summed E-state index contributed by atoms with van der Waals surface area (Å²) in [5.41, 5.74) is 3.16. The van der Waals surface area contributed by atoms with Crippen molar-refractivity contribution in [3.05, 3.63) is 51.8 Å². The maximum absolute atomic E-state index is 14.2. The molecule has 7 nitrogen and oxygen atoms in total. The number of benzene rings is 1. The number of nitrogens with zero attached hydrogens (tertiary/aromatic N) is 1. The molecule has 0 saturated heterocycles. The Morgan fingerprint density at radius 3 is 3.00 bits per heavy atom. The monoisotopic (exact) mass is 471 g/mol. The van der Waals surface area contributed by atoms with Crippen molar-refractivity contribution in [2.24, 2.45) is 0 Å². The number of amides is 1. The topological polar surface area (TPSA) is 96.6 Å². The normalized spacial score (nSPS) is 10.9. The van der Waals surface area contributed by atoms with Crippen molar-refractivity contribution in [3.63, 3.8) is 0 Å². The number of hydrogen-bond donors (Lipinski definition) is 3. The van der Waals surface area contributed by atoms with Crippen molar-refractivity contribution in [2.45, 2.75) is 6.42 Å². The Morgan fingerprint density at radius 2 is 2.23 bits per heavy atom. The van der Waals surface area contributed by atoms with Gasteiger partial charge in [0.05, 0.1) is 17.7 Å². The first kappa shape index (κ1) is 18.5. The Balaban J connectivity index is 1.93. The van der Waals surface area contributed by atoms with E-state index in [9.17, 15) is 9.18 Å². The highest BCUT2D eigenvalue weighted by atomic mass is 127. The number of halogens is 2. The van der Waals surface area contributed by atoms with Gasteiger partial charge in [-0.1, -0.05) is 0 Å². The Morgan fingerprint density at radius 1 is 1.38 bits per heavy atom. The van der Waals surface area contributed by atoms with Gasteiger partial charge in [-0.2, -0.15) is 0 Å². The highest BCUT2D eigenvalue weighted by Gasteiger charge is 2.22. The van der Waals surface area contributed by atoms with Crippen LogP contribution in [0.15, 0.2) is 41.1 Å². The average Bonchev–Trinajstić information content (AvgIpc) is 3.00. The molecule has 0 atom stereocenters. The number of aromatic nitrogens is 1. The third-order valence-corrected chi connectivity index (χ3v) is 4.13. The fraction of sp³-hybridized carbons (Fsp3) is 0.176. The number of pyridine rings is 1. The lowest BCUT2D eigenvalue weighted by molar-refractivity contribution is 0.0243. The number of nitrogens with one attached hydrogen (secondary N) is 2. The van der Waals surface area contributed by atoms with Gasteiger partial charge in [-0.3, -0.25) is 14.6 Å². The minimum absolute atomic E-state index is 0.0505. The van der Waals surface area contributed by atoms with Gasteiger partial charge in [-0.25, -0.2) is 9.87 Å². The molecule has 2 aromatic heterocycles. The maximum Gasteiger partial charge on any atom is 0.312 e. The Kier molecular flexibility index (Phi) is 6.01. The van der Waals surface area contributed by atoms with Crippen LogP contribution in [0.4, 0.5) is 15.8 Å². The molecule has 0 spiro atoms. The lowest BCUT2D eigenvalue weighted by atomic mass is 10.2. The second-order valence-corrected chi connectivity index (χ2v) is 6.53. The number of rotatable bonds is 7. The standard InChI is InChI=1S/C17H15FIN3O4/c18-12-8-10(19)2-3-13(12)21-15-11-9-20-5-4-14(11)26-16(15)17(24)22-25-7-1-6-23/h2-5,8-9,21,23H,1,6-7H2,(H,22,24). The zero-order valence-electron chi connectivity index (χ0n) is 13.5. The molecule has 0 unspecified atom stereocenters. The van der Waals surface area contributed by atoms with E-state index in [0.717, 1.165) is 3.57 Å². The number of hydrogen-bond acceptors (Lipinski definition) is 6. The van der Waals surface area contributed by atoms with Gasteiger partial charge < -0.3 is 14.8 Å². The largest absolute Gasteiger partial charge is 0.448 e. The SMILES string of the molecule is O=C(NOCCCO)c1oc2ccncc2c1Nc1ccc(I)cc1F. The molecule has 3 aromatic rings. The highest BCUT2D eigenvalue weighted by Crippen LogP contribution is 2.33. The fourth-order valence-electron chi connectivity index (χ4n) is 2.25. The quantitative estimate of drug-likeness (QED) is 0.278. The van der Waals surface area contributed by atoms with Crippen molar-refractivity contribution in [1.29, 1.82) is 0 Å². The first-order chi connectivity index (χ1) is 12.6. The maximum atomic E-state index is 14.2. The molecule has 3 N–H and O–H groups in total. The second-order valence-electron chi connectivity index (χ2n) is 5.28. The van der Waals surface area contributed by atoms with Gasteiger partial charge in [-0.15, -0.1) is 0 Å². The summed E-state index contributed by atoms with van der Waals surface area (Å²) in [6.45, 7) is 0.101. The molecule has 1 amide bonds. The van der Waals surface area contributed by atoms with Gasteiger partial charge in [0.15, 0.2) is 0 Å². The van der Waals surface area contributed by atoms with Gasteiger partial charge in [0.25, 0.3) is 0 Å². The zero-order chi connectivity index (χ0) is 18.5. The summed E-state index contributed by atoms with van der Waals surface area (Å²) in [7, 11) is 0. The van der Waals surface area contributed by atoms with Crippen molar-refractivity contribution < 1.29 is 23.5 Å². The van der Waals surface area contributed by atoms with Crippen LogP contribution in [-0.4, -0.2) is 29.2 Å². The Hall–Kier alpha value is -2.24. The van der Waals surface area contributed by atoms with Gasteiger partial charge in [0, 0.05) is 22.6 Å². The van der Waals surface area contributed by atoms with Crippen LogP contribution < -0.4 is 10.8 Å². The molecule has 9 heteroatoms. The van der Waals surface area contributed by atoms with E-state index in [4.69, 9.17) is 14.4 Å². The van der Waals surface area contributed by atoms with Crippen LogP contribution in [0.2, 0.25) is 0 Å². The summed E-state index contributed by atoms with van der Waals surface area (Å²) in [5.74, 6) is -1.15. The number of furan rings is 1. The summed E-state index contributed by atoms with van der Waals surface area (Å²) < 4.78 is 20.5. The lowest BCUT2D eigenvalue weighted by Gasteiger charge is -2.09. The Labute approximate surface area is 161 Å². The van der Waals surface area contributed by atoms with Crippen LogP contribution in [-0.2, 0) is 4.84 Å². The minimum Gasteiger partial charge on any atom is -0.448 e.